The van der Waals surface area contributed by atoms with E-state index >= 15 is 0 Å². The van der Waals surface area contributed by atoms with E-state index in [2.05, 4.69) is 17.6 Å². The molecule has 0 bridgehead atoms. The Bertz CT molecular complexity index is 465. The van der Waals surface area contributed by atoms with Gasteiger partial charge in [0, 0.05) is 13.1 Å². The molecule has 1 aromatic rings. The lowest BCUT2D eigenvalue weighted by Crippen LogP contribution is -2.38. The average molecular weight is 377 g/mol. The maximum absolute atomic E-state index is 11.7. The maximum atomic E-state index is 11.7. The van der Waals surface area contributed by atoms with Crippen molar-refractivity contribution < 1.29 is 9.90 Å². The minimum absolute atomic E-state index is 0.201. The smallest absolute Gasteiger partial charge is 0.314 e. The zero-order valence-electron chi connectivity index (χ0n) is 17.2. The molecule has 2 amide bonds. The summed E-state index contributed by atoms with van der Waals surface area (Å²) in [5.74, 6) is 0. The Morgan fingerprint density at radius 2 is 1.33 bits per heavy atom. The van der Waals surface area contributed by atoms with Gasteiger partial charge in [-0.05, 0) is 12.0 Å². The predicted octanol–water partition coefficient (Wildman–Crippen LogP) is 5.72. The lowest BCUT2D eigenvalue weighted by Gasteiger charge is -2.12. The van der Waals surface area contributed by atoms with Gasteiger partial charge in [0.15, 0.2) is 0 Å². The van der Waals surface area contributed by atoms with E-state index in [1.165, 1.54) is 70.6 Å². The number of aliphatic hydroxyl groups excluding tert-OH is 1. The normalized spacial score (nSPS) is 11.9. The van der Waals surface area contributed by atoms with Crippen molar-refractivity contribution in [2.45, 2.75) is 90.1 Å². The van der Waals surface area contributed by atoms with E-state index in [0.29, 0.717) is 6.54 Å². The van der Waals surface area contributed by atoms with Crippen molar-refractivity contribution in [2.75, 3.05) is 13.1 Å². The number of carbonyl (C=O) groups excluding carboxylic acids is 1. The Hall–Kier alpha value is -1.55. The molecule has 4 heteroatoms. The number of aliphatic hydroxyl groups is 1. The van der Waals surface area contributed by atoms with Gasteiger partial charge in [-0.25, -0.2) is 4.79 Å². The van der Waals surface area contributed by atoms with Gasteiger partial charge < -0.3 is 15.7 Å². The molecule has 0 fully saturated rings. The minimum Gasteiger partial charge on any atom is -0.387 e. The van der Waals surface area contributed by atoms with Gasteiger partial charge in [-0.3, -0.25) is 0 Å². The number of nitrogens with one attached hydrogen (secondary N) is 2. The van der Waals surface area contributed by atoms with Crippen LogP contribution in [-0.4, -0.2) is 24.2 Å². The van der Waals surface area contributed by atoms with E-state index in [0.717, 1.165) is 12.0 Å². The standard InChI is InChI=1S/C23H40N2O2/c1-2-3-4-5-6-7-8-9-10-11-12-16-19-24-23(27)25-20-22(26)21-17-14-13-15-18-21/h13-15,17-18,22,26H,2-12,16,19-20H2,1H3,(H2,24,25,27). The number of hydrogen-bond donors (Lipinski definition) is 3. The summed E-state index contributed by atoms with van der Waals surface area (Å²) >= 11 is 0. The van der Waals surface area contributed by atoms with Crippen molar-refractivity contribution >= 4 is 6.03 Å². The van der Waals surface area contributed by atoms with Crippen LogP contribution in [0.25, 0.3) is 0 Å². The highest BCUT2D eigenvalue weighted by atomic mass is 16.3. The molecule has 27 heavy (non-hydrogen) atoms. The van der Waals surface area contributed by atoms with Crippen LogP contribution in [0, 0.1) is 0 Å². The van der Waals surface area contributed by atoms with E-state index in [1.54, 1.807) is 0 Å². The van der Waals surface area contributed by atoms with Gasteiger partial charge in [0.2, 0.25) is 0 Å². The van der Waals surface area contributed by atoms with Crippen molar-refractivity contribution in [3.8, 4) is 0 Å². The van der Waals surface area contributed by atoms with Crippen LogP contribution in [-0.2, 0) is 0 Å². The first-order valence-corrected chi connectivity index (χ1v) is 11.0. The molecule has 4 nitrogen and oxygen atoms in total. The number of urea groups is 1. The highest BCUT2D eigenvalue weighted by Crippen LogP contribution is 2.12. The Kier molecular flexibility index (Phi) is 14.5. The molecule has 0 aliphatic rings. The van der Waals surface area contributed by atoms with Crippen molar-refractivity contribution in [1.82, 2.24) is 10.6 Å². The third-order valence-electron chi connectivity index (χ3n) is 4.96. The summed E-state index contributed by atoms with van der Waals surface area (Å²) in [6.45, 7) is 3.19. The summed E-state index contributed by atoms with van der Waals surface area (Å²) < 4.78 is 0. The lowest BCUT2D eigenvalue weighted by molar-refractivity contribution is 0.173. The Morgan fingerprint density at radius 3 is 1.89 bits per heavy atom. The van der Waals surface area contributed by atoms with Crippen LogP contribution in [0.4, 0.5) is 4.79 Å². The molecule has 0 spiro atoms. The van der Waals surface area contributed by atoms with Gasteiger partial charge in [0.1, 0.15) is 0 Å². The van der Waals surface area contributed by atoms with E-state index in [1.807, 2.05) is 30.3 Å². The molecule has 0 saturated heterocycles. The van der Waals surface area contributed by atoms with Crippen molar-refractivity contribution in [3.05, 3.63) is 35.9 Å². The quantitative estimate of drug-likeness (QED) is 0.323. The van der Waals surface area contributed by atoms with Crippen molar-refractivity contribution in [1.29, 1.82) is 0 Å². The molecule has 1 atom stereocenters. The fourth-order valence-electron chi connectivity index (χ4n) is 3.21. The molecular formula is C23H40N2O2. The molecule has 0 heterocycles. The average Bonchev–Trinajstić information content (AvgIpc) is 2.70. The molecular weight excluding hydrogens is 336 g/mol. The third-order valence-corrected chi connectivity index (χ3v) is 4.96. The third kappa shape index (κ3) is 13.3. The van der Waals surface area contributed by atoms with Gasteiger partial charge in [0.25, 0.3) is 0 Å². The fourth-order valence-corrected chi connectivity index (χ4v) is 3.21. The first-order chi connectivity index (χ1) is 13.2. The number of rotatable bonds is 16. The summed E-state index contributed by atoms with van der Waals surface area (Å²) in [5, 5.41) is 15.6. The Labute approximate surface area is 166 Å². The number of hydrogen-bond acceptors (Lipinski definition) is 2. The molecule has 0 aliphatic heterocycles. The topological polar surface area (TPSA) is 61.4 Å². The van der Waals surface area contributed by atoms with Crippen molar-refractivity contribution in [3.63, 3.8) is 0 Å². The summed E-state index contributed by atoms with van der Waals surface area (Å²) in [5.41, 5.74) is 0.818. The molecule has 0 aromatic heterocycles. The number of carbonyl (C=O) groups is 1. The molecule has 0 saturated carbocycles. The fraction of sp³-hybridized carbons (Fsp3) is 0.696. The maximum Gasteiger partial charge on any atom is 0.314 e. The van der Waals surface area contributed by atoms with Gasteiger partial charge in [-0.1, -0.05) is 108 Å². The summed E-state index contributed by atoms with van der Waals surface area (Å²) in [6, 6.07) is 9.18. The van der Waals surface area contributed by atoms with Crippen LogP contribution < -0.4 is 10.6 Å². The van der Waals surface area contributed by atoms with E-state index in [4.69, 9.17) is 0 Å². The largest absolute Gasteiger partial charge is 0.387 e. The predicted molar refractivity (Wildman–Crippen MR) is 114 cm³/mol. The van der Waals surface area contributed by atoms with Crippen LogP contribution in [0.2, 0.25) is 0 Å². The first kappa shape index (κ1) is 23.5. The van der Waals surface area contributed by atoms with E-state index in [9.17, 15) is 9.90 Å². The van der Waals surface area contributed by atoms with Gasteiger partial charge >= 0.3 is 6.03 Å². The van der Waals surface area contributed by atoms with Crippen LogP contribution >= 0.6 is 0 Å². The minimum atomic E-state index is -0.663. The zero-order chi connectivity index (χ0) is 19.6. The second kappa shape index (κ2) is 16.6. The van der Waals surface area contributed by atoms with Crippen LogP contribution in [0.5, 0.6) is 0 Å². The first-order valence-electron chi connectivity index (χ1n) is 11.0. The molecule has 1 rings (SSSR count). The highest BCUT2D eigenvalue weighted by molar-refractivity contribution is 5.73. The SMILES string of the molecule is CCCCCCCCCCCCCCNC(=O)NCC(O)c1ccccc1. The molecule has 3 N–H and O–H groups in total. The lowest BCUT2D eigenvalue weighted by atomic mass is 10.1. The summed E-state index contributed by atoms with van der Waals surface area (Å²) in [7, 11) is 0. The molecule has 0 aliphatic carbocycles. The highest BCUT2D eigenvalue weighted by Gasteiger charge is 2.08. The Morgan fingerprint density at radius 1 is 0.815 bits per heavy atom. The molecule has 1 unspecified atom stereocenters. The van der Waals surface area contributed by atoms with Crippen molar-refractivity contribution in [2.24, 2.45) is 0 Å². The van der Waals surface area contributed by atoms with E-state index < -0.39 is 6.10 Å². The number of unbranched alkanes of at least 4 members (excludes halogenated alkanes) is 11. The van der Waals surface area contributed by atoms with Crippen LogP contribution in [0.1, 0.15) is 95.6 Å². The van der Waals surface area contributed by atoms with Crippen LogP contribution in [0.3, 0.4) is 0 Å². The molecule has 154 valence electrons. The number of benzene rings is 1. The van der Waals surface area contributed by atoms with E-state index in [-0.39, 0.29) is 12.6 Å². The second-order valence-electron chi connectivity index (χ2n) is 7.45. The van der Waals surface area contributed by atoms with Gasteiger partial charge in [-0.2, -0.15) is 0 Å². The van der Waals surface area contributed by atoms with Crippen LogP contribution in [0.15, 0.2) is 30.3 Å². The molecule has 0 radical (unpaired) electrons. The summed E-state index contributed by atoms with van der Waals surface area (Å²) in [6.07, 6.45) is 15.1. The monoisotopic (exact) mass is 376 g/mol. The Balaban J connectivity index is 1.86. The van der Waals surface area contributed by atoms with Gasteiger partial charge in [-0.15, -0.1) is 0 Å². The number of amides is 2. The molecule has 1 aromatic carbocycles. The zero-order valence-corrected chi connectivity index (χ0v) is 17.2. The second-order valence-corrected chi connectivity index (χ2v) is 7.45. The summed E-state index contributed by atoms with van der Waals surface area (Å²) in [4.78, 5) is 11.7. The van der Waals surface area contributed by atoms with Gasteiger partial charge in [0.05, 0.1) is 6.10 Å².